The zero-order valence-corrected chi connectivity index (χ0v) is 13.5. The van der Waals surface area contributed by atoms with E-state index in [4.69, 9.17) is 0 Å². The van der Waals surface area contributed by atoms with Crippen LogP contribution in [0.15, 0.2) is 50.9 Å². The van der Waals surface area contributed by atoms with Gasteiger partial charge in [-0.25, -0.2) is 4.98 Å². The van der Waals surface area contributed by atoms with Gasteiger partial charge in [-0.3, -0.25) is 0 Å². The lowest BCUT2D eigenvalue weighted by atomic mass is 10.1. The van der Waals surface area contributed by atoms with Crippen LogP contribution in [0.25, 0.3) is 0 Å². The minimum absolute atomic E-state index is 0.934. The Morgan fingerprint density at radius 3 is 2.74 bits per heavy atom. The van der Waals surface area contributed by atoms with Crippen LogP contribution in [-0.4, -0.2) is 11.5 Å². The first-order valence-corrected chi connectivity index (χ1v) is 7.89. The summed E-state index contributed by atoms with van der Waals surface area (Å²) in [6, 6.07) is 10.6. The number of hydrogen-bond donors (Lipinski definition) is 1. The third kappa shape index (κ3) is 4.34. The van der Waals surface area contributed by atoms with E-state index in [9.17, 15) is 0 Å². The quantitative estimate of drug-likeness (QED) is 0.875. The number of benzene rings is 1. The molecule has 19 heavy (non-hydrogen) atoms. The molecule has 0 saturated heterocycles. The molecule has 1 aromatic heterocycles. The van der Waals surface area contributed by atoms with Crippen LogP contribution in [0.1, 0.15) is 18.1 Å². The molecule has 0 spiro atoms. The van der Waals surface area contributed by atoms with Gasteiger partial charge < -0.3 is 5.32 Å². The molecule has 2 aromatic rings. The SMILES string of the molecule is CCNCc1ccc(Sc2ccc(Br)cn2)cc1C. The van der Waals surface area contributed by atoms with Crippen molar-refractivity contribution in [2.24, 2.45) is 0 Å². The summed E-state index contributed by atoms with van der Waals surface area (Å²) < 4.78 is 1.01. The molecule has 0 bridgehead atoms. The zero-order valence-electron chi connectivity index (χ0n) is 11.1. The molecule has 1 N–H and O–H groups in total. The number of aromatic nitrogens is 1. The van der Waals surface area contributed by atoms with Crippen LogP contribution in [0, 0.1) is 6.92 Å². The summed E-state index contributed by atoms with van der Waals surface area (Å²) in [6.45, 7) is 6.22. The highest BCUT2D eigenvalue weighted by Crippen LogP contribution is 2.28. The van der Waals surface area contributed by atoms with E-state index in [0.29, 0.717) is 0 Å². The first-order chi connectivity index (χ1) is 9.19. The summed E-state index contributed by atoms with van der Waals surface area (Å²) in [7, 11) is 0. The van der Waals surface area contributed by atoms with Crippen molar-refractivity contribution in [3.05, 3.63) is 52.1 Å². The molecule has 0 atom stereocenters. The molecule has 0 aliphatic carbocycles. The van der Waals surface area contributed by atoms with Gasteiger partial charge in [0.25, 0.3) is 0 Å². The maximum Gasteiger partial charge on any atom is 0.101 e. The van der Waals surface area contributed by atoms with E-state index in [0.717, 1.165) is 22.6 Å². The van der Waals surface area contributed by atoms with Crippen molar-refractivity contribution in [2.45, 2.75) is 30.3 Å². The Bertz CT molecular complexity index is 540. The Labute approximate surface area is 127 Å². The number of pyridine rings is 1. The molecule has 0 amide bonds. The zero-order chi connectivity index (χ0) is 13.7. The molecule has 100 valence electrons. The molecule has 2 rings (SSSR count). The summed E-state index contributed by atoms with van der Waals surface area (Å²) in [5, 5.41) is 4.37. The predicted octanol–water partition coefficient (Wildman–Crippen LogP) is 4.41. The fourth-order valence-electron chi connectivity index (χ4n) is 1.73. The van der Waals surface area contributed by atoms with Crippen LogP contribution in [0.2, 0.25) is 0 Å². The molecule has 0 saturated carbocycles. The standard InChI is InChI=1S/C15H17BrN2S/c1-3-17-9-12-4-6-14(8-11(12)2)19-15-7-5-13(16)10-18-15/h4-8,10,17H,3,9H2,1-2H3. The maximum absolute atomic E-state index is 4.38. The van der Waals surface area contributed by atoms with Gasteiger partial charge in [0.05, 0.1) is 0 Å². The van der Waals surface area contributed by atoms with E-state index in [2.05, 4.69) is 58.3 Å². The Hall–Kier alpha value is -0.840. The molecular weight excluding hydrogens is 320 g/mol. The lowest BCUT2D eigenvalue weighted by Crippen LogP contribution is -2.12. The number of aryl methyl sites for hydroxylation is 1. The average molecular weight is 337 g/mol. The van der Waals surface area contributed by atoms with Crippen LogP contribution in [0.3, 0.4) is 0 Å². The largest absolute Gasteiger partial charge is 0.313 e. The highest BCUT2D eigenvalue weighted by Gasteiger charge is 2.02. The highest BCUT2D eigenvalue weighted by atomic mass is 79.9. The fourth-order valence-corrected chi connectivity index (χ4v) is 2.82. The van der Waals surface area contributed by atoms with Crippen molar-refractivity contribution in [2.75, 3.05) is 6.54 Å². The summed E-state index contributed by atoms with van der Waals surface area (Å²) >= 11 is 5.09. The molecule has 4 heteroatoms. The minimum Gasteiger partial charge on any atom is -0.313 e. The summed E-state index contributed by atoms with van der Waals surface area (Å²) in [6.07, 6.45) is 1.83. The molecule has 0 aliphatic rings. The van der Waals surface area contributed by atoms with Crippen molar-refractivity contribution < 1.29 is 0 Å². The van der Waals surface area contributed by atoms with Crippen molar-refractivity contribution in [3.63, 3.8) is 0 Å². The molecule has 0 radical (unpaired) electrons. The van der Waals surface area contributed by atoms with Crippen molar-refractivity contribution in [1.82, 2.24) is 10.3 Å². The van der Waals surface area contributed by atoms with Gasteiger partial charge in [0.1, 0.15) is 5.03 Å². The first kappa shape index (κ1) is 14.6. The average Bonchev–Trinajstić information content (AvgIpc) is 2.41. The number of rotatable bonds is 5. The lowest BCUT2D eigenvalue weighted by Gasteiger charge is -2.08. The van der Waals surface area contributed by atoms with Gasteiger partial charge in [-0.1, -0.05) is 24.8 Å². The fraction of sp³-hybridized carbons (Fsp3) is 0.267. The second kappa shape index (κ2) is 7.08. The van der Waals surface area contributed by atoms with Crippen LogP contribution in [-0.2, 0) is 6.54 Å². The number of nitrogens with one attached hydrogen (secondary N) is 1. The second-order valence-corrected chi connectivity index (χ2v) is 6.29. The second-order valence-electron chi connectivity index (χ2n) is 4.29. The number of halogens is 1. The Morgan fingerprint density at radius 1 is 1.26 bits per heavy atom. The Morgan fingerprint density at radius 2 is 2.11 bits per heavy atom. The van der Waals surface area contributed by atoms with Gasteiger partial charge >= 0.3 is 0 Å². The molecule has 1 aromatic carbocycles. The van der Waals surface area contributed by atoms with Crippen molar-refractivity contribution >= 4 is 27.7 Å². The van der Waals surface area contributed by atoms with E-state index in [1.165, 1.54) is 16.0 Å². The summed E-state index contributed by atoms with van der Waals surface area (Å²) in [5.41, 5.74) is 2.68. The third-order valence-electron chi connectivity index (χ3n) is 2.80. The van der Waals surface area contributed by atoms with Crippen LogP contribution < -0.4 is 5.32 Å². The third-order valence-corrected chi connectivity index (χ3v) is 4.21. The lowest BCUT2D eigenvalue weighted by molar-refractivity contribution is 0.723. The van der Waals surface area contributed by atoms with Crippen LogP contribution in [0.4, 0.5) is 0 Å². The Kier molecular flexibility index (Phi) is 5.43. The van der Waals surface area contributed by atoms with Gasteiger partial charge in [0.15, 0.2) is 0 Å². The van der Waals surface area contributed by atoms with Crippen molar-refractivity contribution in [3.8, 4) is 0 Å². The number of hydrogen-bond acceptors (Lipinski definition) is 3. The van der Waals surface area contributed by atoms with E-state index in [-0.39, 0.29) is 0 Å². The maximum atomic E-state index is 4.38. The van der Waals surface area contributed by atoms with E-state index >= 15 is 0 Å². The van der Waals surface area contributed by atoms with Gasteiger partial charge in [-0.2, -0.15) is 0 Å². The van der Waals surface area contributed by atoms with Gasteiger partial charge in [-0.05, 0) is 64.8 Å². The smallest absolute Gasteiger partial charge is 0.101 e. The van der Waals surface area contributed by atoms with E-state index < -0.39 is 0 Å². The molecule has 0 fully saturated rings. The summed E-state index contributed by atoms with van der Waals surface area (Å²) in [4.78, 5) is 5.61. The number of nitrogens with zero attached hydrogens (tertiary/aromatic N) is 1. The highest BCUT2D eigenvalue weighted by molar-refractivity contribution is 9.10. The van der Waals surface area contributed by atoms with E-state index in [1.54, 1.807) is 11.8 Å². The molecule has 0 unspecified atom stereocenters. The molecule has 0 aliphatic heterocycles. The topological polar surface area (TPSA) is 24.9 Å². The van der Waals surface area contributed by atoms with Gasteiger partial charge in [-0.15, -0.1) is 0 Å². The van der Waals surface area contributed by atoms with Crippen LogP contribution in [0.5, 0.6) is 0 Å². The van der Waals surface area contributed by atoms with E-state index in [1.807, 2.05) is 18.3 Å². The van der Waals surface area contributed by atoms with Crippen molar-refractivity contribution in [1.29, 1.82) is 0 Å². The first-order valence-electron chi connectivity index (χ1n) is 6.28. The van der Waals surface area contributed by atoms with Crippen LogP contribution >= 0.6 is 27.7 Å². The minimum atomic E-state index is 0.934. The monoisotopic (exact) mass is 336 g/mol. The molecule has 2 nitrogen and oxygen atoms in total. The van der Waals surface area contributed by atoms with Gasteiger partial charge in [0, 0.05) is 22.1 Å². The predicted molar refractivity (Wildman–Crippen MR) is 84.6 cm³/mol. The normalized spacial score (nSPS) is 10.7. The Balaban J connectivity index is 2.09. The molecular formula is C15H17BrN2S. The summed E-state index contributed by atoms with van der Waals surface area (Å²) in [5.74, 6) is 0. The molecule has 1 heterocycles. The van der Waals surface area contributed by atoms with Gasteiger partial charge in [0.2, 0.25) is 0 Å².